The average Bonchev–Trinajstić information content (AvgIpc) is 2.68. The number of anilines is 1. The van der Waals surface area contributed by atoms with Gasteiger partial charge < -0.3 is 15.0 Å². The van der Waals surface area contributed by atoms with Crippen molar-refractivity contribution < 1.29 is 9.53 Å². The van der Waals surface area contributed by atoms with Gasteiger partial charge in [-0.3, -0.25) is 4.79 Å². The zero-order chi connectivity index (χ0) is 18.2. The van der Waals surface area contributed by atoms with E-state index in [0.717, 1.165) is 36.5 Å². The fourth-order valence-electron chi connectivity index (χ4n) is 3.30. The Hall–Kier alpha value is -2.49. The average molecular weight is 352 g/mol. The fraction of sp³-hybridized carbons (Fsp3) is 0.409. The molecule has 1 aliphatic rings. The van der Waals surface area contributed by atoms with Crippen LogP contribution in [0.1, 0.15) is 31.7 Å². The van der Waals surface area contributed by atoms with E-state index in [-0.39, 0.29) is 5.91 Å². The first-order valence-corrected chi connectivity index (χ1v) is 9.49. The van der Waals surface area contributed by atoms with Gasteiger partial charge in [-0.2, -0.15) is 0 Å². The Bertz CT molecular complexity index is 685. The van der Waals surface area contributed by atoms with Gasteiger partial charge in [-0.15, -0.1) is 0 Å². The second kappa shape index (κ2) is 9.27. The standard InChI is InChI=1S/C22H28N2O2/c1-18-6-5-15-24(16-18)22(25)13-14-23-20-9-11-21(12-10-20)26-17-19-7-3-2-4-8-19/h2-4,7-12,18,23H,5-6,13-17H2,1H3. The number of hydrogen-bond donors (Lipinski definition) is 1. The zero-order valence-corrected chi connectivity index (χ0v) is 15.5. The molecule has 2 aromatic carbocycles. The molecule has 0 spiro atoms. The smallest absolute Gasteiger partial charge is 0.224 e. The van der Waals surface area contributed by atoms with Crippen molar-refractivity contribution in [3.63, 3.8) is 0 Å². The van der Waals surface area contributed by atoms with Gasteiger partial charge in [0.1, 0.15) is 12.4 Å². The minimum Gasteiger partial charge on any atom is -0.489 e. The quantitative estimate of drug-likeness (QED) is 0.806. The second-order valence-electron chi connectivity index (χ2n) is 7.06. The van der Waals surface area contributed by atoms with Crippen LogP contribution in [0.25, 0.3) is 0 Å². The van der Waals surface area contributed by atoms with Gasteiger partial charge in [0.2, 0.25) is 5.91 Å². The van der Waals surface area contributed by atoms with Crippen molar-refractivity contribution in [1.82, 2.24) is 4.90 Å². The van der Waals surface area contributed by atoms with Gasteiger partial charge in [-0.25, -0.2) is 0 Å². The third-order valence-electron chi connectivity index (χ3n) is 4.78. The molecule has 3 rings (SSSR count). The van der Waals surface area contributed by atoms with E-state index in [9.17, 15) is 4.79 Å². The molecule has 4 heteroatoms. The summed E-state index contributed by atoms with van der Waals surface area (Å²) >= 11 is 0. The van der Waals surface area contributed by atoms with Crippen molar-refractivity contribution in [2.24, 2.45) is 5.92 Å². The molecule has 0 aliphatic carbocycles. The number of piperidine rings is 1. The maximum Gasteiger partial charge on any atom is 0.224 e. The minimum absolute atomic E-state index is 0.256. The van der Waals surface area contributed by atoms with Crippen LogP contribution in [0, 0.1) is 5.92 Å². The Morgan fingerprint density at radius 1 is 1.15 bits per heavy atom. The van der Waals surface area contributed by atoms with Crippen LogP contribution in [0.2, 0.25) is 0 Å². The summed E-state index contributed by atoms with van der Waals surface area (Å²) in [5, 5.41) is 3.32. The number of rotatable bonds is 7. The van der Waals surface area contributed by atoms with Gasteiger partial charge in [-0.1, -0.05) is 37.3 Å². The number of carbonyl (C=O) groups is 1. The number of hydrogen-bond acceptors (Lipinski definition) is 3. The molecule has 0 aromatic heterocycles. The van der Waals surface area contributed by atoms with Crippen LogP contribution < -0.4 is 10.1 Å². The molecule has 2 aromatic rings. The molecule has 26 heavy (non-hydrogen) atoms. The highest BCUT2D eigenvalue weighted by atomic mass is 16.5. The number of nitrogens with zero attached hydrogens (tertiary/aromatic N) is 1. The maximum atomic E-state index is 12.3. The largest absolute Gasteiger partial charge is 0.489 e. The van der Waals surface area contributed by atoms with Gasteiger partial charge in [0.25, 0.3) is 0 Å². The van der Waals surface area contributed by atoms with E-state index in [1.54, 1.807) is 0 Å². The molecule has 1 saturated heterocycles. The molecule has 1 heterocycles. The van der Waals surface area contributed by atoms with E-state index in [1.165, 1.54) is 6.42 Å². The molecule has 0 bridgehead atoms. The lowest BCUT2D eigenvalue weighted by atomic mass is 10.00. The molecule has 0 radical (unpaired) electrons. The fourth-order valence-corrected chi connectivity index (χ4v) is 3.30. The Morgan fingerprint density at radius 3 is 2.65 bits per heavy atom. The summed E-state index contributed by atoms with van der Waals surface area (Å²) < 4.78 is 5.79. The second-order valence-corrected chi connectivity index (χ2v) is 7.06. The maximum absolute atomic E-state index is 12.3. The lowest BCUT2D eigenvalue weighted by Crippen LogP contribution is -2.39. The predicted molar refractivity (Wildman–Crippen MR) is 105 cm³/mol. The van der Waals surface area contributed by atoms with E-state index >= 15 is 0 Å². The molecule has 0 saturated carbocycles. The first-order chi connectivity index (χ1) is 12.7. The summed E-state index contributed by atoms with van der Waals surface area (Å²) in [6, 6.07) is 18.0. The molecule has 4 nitrogen and oxygen atoms in total. The SMILES string of the molecule is CC1CCCN(C(=O)CCNc2ccc(OCc3ccccc3)cc2)C1. The summed E-state index contributed by atoms with van der Waals surface area (Å²) in [5.74, 6) is 1.73. The lowest BCUT2D eigenvalue weighted by molar-refractivity contribution is -0.132. The van der Waals surface area contributed by atoms with Crippen LogP contribution >= 0.6 is 0 Å². The molecule has 1 fully saturated rings. The number of likely N-dealkylation sites (tertiary alicyclic amines) is 1. The summed E-state index contributed by atoms with van der Waals surface area (Å²) in [4.78, 5) is 14.3. The van der Waals surface area contributed by atoms with Crippen LogP contribution in [-0.2, 0) is 11.4 Å². The highest BCUT2D eigenvalue weighted by Gasteiger charge is 2.20. The van der Waals surface area contributed by atoms with Crippen LogP contribution in [0.15, 0.2) is 54.6 Å². The van der Waals surface area contributed by atoms with E-state index in [4.69, 9.17) is 4.74 Å². The predicted octanol–water partition coefficient (Wildman–Crippen LogP) is 4.33. The first-order valence-electron chi connectivity index (χ1n) is 9.49. The van der Waals surface area contributed by atoms with Crippen LogP contribution in [-0.4, -0.2) is 30.4 Å². The summed E-state index contributed by atoms with van der Waals surface area (Å²) in [6.07, 6.45) is 2.91. The van der Waals surface area contributed by atoms with Crippen molar-refractivity contribution in [2.75, 3.05) is 25.0 Å². The summed E-state index contributed by atoms with van der Waals surface area (Å²) in [5.41, 5.74) is 2.16. The minimum atomic E-state index is 0.256. The zero-order valence-electron chi connectivity index (χ0n) is 15.5. The first kappa shape index (κ1) is 18.3. The molecule has 138 valence electrons. The van der Waals surface area contributed by atoms with Crippen LogP contribution in [0.5, 0.6) is 5.75 Å². The Kier molecular flexibility index (Phi) is 6.53. The number of carbonyl (C=O) groups excluding carboxylic acids is 1. The number of benzene rings is 2. The third kappa shape index (κ3) is 5.51. The van der Waals surface area contributed by atoms with Gasteiger partial charge in [0, 0.05) is 31.7 Å². The van der Waals surface area contributed by atoms with E-state index < -0.39 is 0 Å². The van der Waals surface area contributed by atoms with Crippen LogP contribution in [0.3, 0.4) is 0 Å². The summed E-state index contributed by atoms with van der Waals surface area (Å²) in [6.45, 7) is 5.27. The van der Waals surface area contributed by atoms with Crippen molar-refractivity contribution in [2.45, 2.75) is 32.8 Å². The van der Waals surface area contributed by atoms with Crippen LogP contribution in [0.4, 0.5) is 5.69 Å². The van der Waals surface area contributed by atoms with Gasteiger partial charge in [0.15, 0.2) is 0 Å². The Labute approximate surface area is 156 Å². The van der Waals surface area contributed by atoms with Gasteiger partial charge in [-0.05, 0) is 48.6 Å². The highest BCUT2D eigenvalue weighted by molar-refractivity contribution is 5.76. The topological polar surface area (TPSA) is 41.6 Å². The summed E-state index contributed by atoms with van der Waals surface area (Å²) in [7, 11) is 0. The van der Waals surface area contributed by atoms with Crippen molar-refractivity contribution in [1.29, 1.82) is 0 Å². The third-order valence-corrected chi connectivity index (χ3v) is 4.78. The normalized spacial score (nSPS) is 17.0. The van der Waals surface area contributed by atoms with Crippen molar-refractivity contribution in [3.8, 4) is 5.75 Å². The van der Waals surface area contributed by atoms with E-state index in [2.05, 4.69) is 24.4 Å². The van der Waals surface area contributed by atoms with E-state index in [0.29, 0.717) is 25.5 Å². The monoisotopic (exact) mass is 352 g/mol. The van der Waals surface area contributed by atoms with Gasteiger partial charge in [0.05, 0.1) is 0 Å². The highest BCUT2D eigenvalue weighted by Crippen LogP contribution is 2.18. The van der Waals surface area contributed by atoms with E-state index in [1.807, 2.05) is 47.4 Å². The Morgan fingerprint density at radius 2 is 1.92 bits per heavy atom. The van der Waals surface area contributed by atoms with Crippen molar-refractivity contribution >= 4 is 11.6 Å². The molecular weight excluding hydrogens is 324 g/mol. The number of ether oxygens (including phenoxy) is 1. The number of amides is 1. The number of nitrogens with one attached hydrogen (secondary N) is 1. The molecule has 1 amide bonds. The molecule has 1 atom stereocenters. The van der Waals surface area contributed by atoms with Crippen molar-refractivity contribution in [3.05, 3.63) is 60.2 Å². The molecule has 1 N–H and O–H groups in total. The Balaban J connectivity index is 1.39. The molecular formula is C22H28N2O2. The van der Waals surface area contributed by atoms with Gasteiger partial charge >= 0.3 is 0 Å². The lowest BCUT2D eigenvalue weighted by Gasteiger charge is -2.31. The molecule has 1 aliphatic heterocycles. The molecule has 1 unspecified atom stereocenters.